The van der Waals surface area contributed by atoms with Crippen LogP contribution in [0.2, 0.25) is 0 Å². The number of aliphatic hydroxyl groups is 1. The fraction of sp³-hybridized carbons (Fsp3) is 0.167. The minimum absolute atomic E-state index is 0.0305. The van der Waals surface area contributed by atoms with Crippen LogP contribution in [-0.2, 0) is 11.3 Å². The van der Waals surface area contributed by atoms with Crippen LogP contribution in [0, 0.1) is 0 Å². The number of ether oxygens (including phenoxy) is 1. The summed E-state index contributed by atoms with van der Waals surface area (Å²) in [6, 6.07) is 16.4. The minimum Gasteiger partial charge on any atom is -0.484 e. The van der Waals surface area contributed by atoms with Gasteiger partial charge in [-0.2, -0.15) is 0 Å². The van der Waals surface area contributed by atoms with E-state index in [0.29, 0.717) is 18.1 Å². The van der Waals surface area contributed by atoms with Gasteiger partial charge in [-0.1, -0.05) is 18.2 Å². The summed E-state index contributed by atoms with van der Waals surface area (Å²) < 4.78 is 10.6. The molecule has 0 fully saturated rings. The first kappa shape index (κ1) is 16.3. The van der Waals surface area contributed by atoms with Gasteiger partial charge in [0, 0.05) is 9.75 Å². The third-order valence-corrected chi connectivity index (χ3v) is 4.48. The van der Waals surface area contributed by atoms with Gasteiger partial charge in [0.1, 0.15) is 17.6 Å². The van der Waals surface area contributed by atoms with Gasteiger partial charge in [-0.15, -0.1) is 11.3 Å². The van der Waals surface area contributed by atoms with Gasteiger partial charge in [0.25, 0.3) is 5.91 Å². The van der Waals surface area contributed by atoms with Crippen LogP contribution in [0.1, 0.15) is 21.6 Å². The number of benzene rings is 1. The van der Waals surface area contributed by atoms with Crippen LogP contribution in [0.5, 0.6) is 5.75 Å². The molecule has 0 radical (unpaired) electrons. The summed E-state index contributed by atoms with van der Waals surface area (Å²) in [7, 11) is 0. The average molecular weight is 343 g/mol. The molecule has 0 bridgehead atoms. The van der Waals surface area contributed by atoms with E-state index in [2.05, 4.69) is 5.32 Å². The summed E-state index contributed by atoms with van der Waals surface area (Å²) in [4.78, 5) is 13.5. The zero-order valence-corrected chi connectivity index (χ0v) is 13.7. The third kappa shape index (κ3) is 4.24. The van der Waals surface area contributed by atoms with E-state index in [0.717, 1.165) is 9.75 Å². The monoisotopic (exact) mass is 343 g/mol. The van der Waals surface area contributed by atoms with Crippen molar-refractivity contribution in [2.75, 3.05) is 6.61 Å². The molecule has 0 saturated carbocycles. The molecule has 0 aliphatic carbocycles. The fourth-order valence-corrected chi connectivity index (χ4v) is 3.07. The molecule has 1 aromatic carbocycles. The Morgan fingerprint density at radius 1 is 1.17 bits per heavy atom. The highest BCUT2D eigenvalue weighted by molar-refractivity contribution is 7.12. The Morgan fingerprint density at radius 2 is 2.00 bits per heavy atom. The van der Waals surface area contributed by atoms with Crippen LogP contribution in [0.4, 0.5) is 0 Å². The van der Waals surface area contributed by atoms with Gasteiger partial charge in [-0.05, 0) is 36.4 Å². The minimum atomic E-state index is -0.782. The smallest absolute Gasteiger partial charge is 0.258 e. The summed E-state index contributed by atoms with van der Waals surface area (Å²) in [5.74, 6) is 0.969. The van der Waals surface area contributed by atoms with E-state index in [-0.39, 0.29) is 12.5 Å². The first-order valence-electron chi connectivity index (χ1n) is 7.47. The van der Waals surface area contributed by atoms with Gasteiger partial charge in [0.2, 0.25) is 0 Å². The summed E-state index contributed by atoms with van der Waals surface area (Å²) in [5.41, 5.74) is 0. The number of nitrogens with one attached hydrogen (secondary N) is 1. The maximum atomic E-state index is 11.8. The van der Waals surface area contributed by atoms with Crippen LogP contribution >= 0.6 is 11.3 Å². The summed E-state index contributed by atoms with van der Waals surface area (Å²) in [5, 5.41) is 13.0. The highest BCUT2D eigenvalue weighted by Crippen LogP contribution is 2.28. The maximum Gasteiger partial charge on any atom is 0.258 e. The summed E-state index contributed by atoms with van der Waals surface area (Å²) in [6.45, 7) is 0.365. The number of hydrogen-bond donors (Lipinski definition) is 2. The molecule has 2 heterocycles. The molecule has 3 aromatic rings. The van der Waals surface area contributed by atoms with E-state index in [1.54, 1.807) is 24.3 Å². The van der Waals surface area contributed by atoms with Crippen molar-refractivity contribution < 1.29 is 19.1 Å². The largest absolute Gasteiger partial charge is 0.484 e. The number of carbonyl (C=O) groups excluding carboxylic acids is 1. The Labute approximate surface area is 143 Å². The van der Waals surface area contributed by atoms with E-state index >= 15 is 0 Å². The second-order valence-corrected chi connectivity index (χ2v) is 6.30. The predicted octanol–water partition coefficient (Wildman–Crippen LogP) is 3.12. The number of para-hydroxylation sites is 1. The molecule has 1 atom stereocenters. The molecule has 1 amide bonds. The molecule has 3 rings (SSSR count). The lowest BCUT2D eigenvalue weighted by molar-refractivity contribution is -0.123. The highest BCUT2D eigenvalue weighted by Gasteiger charge is 2.15. The van der Waals surface area contributed by atoms with Crippen LogP contribution in [0.15, 0.2) is 65.3 Å². The average Bonchev–Trinajstić information content (AvgIpc) is 3.30. The second kappa shape index (κ2) is 7.81. The van der Waals surface area contributed by atoms with Crippen molar-refractivity contribution in [3.63, 3.8) is 0 Å². The molecule has 0 saturated heterocycles. The van der Waals surface area contributed by atoms with Crippen LogP contribution < -0.4 is 10.1 Å². The van der Waals surface area contributed by atoms with Gasteiger partial charge < -0.3 is 19.6 Å². The highest BCUT2D eigenvalue weighted by atomic mass is 32.1. The van der Waals surface area contributed by atoms with E-state index in [1.165, 1.54) is 17.6 Å². The molecule has 2 N–H and O–H groups in total. The molecule has 0 unspecified atom stereocenters. The number of amides is 1. The van der Waals surface area contributed by atoms with Crippen molar-refractivity contribution in [3.05, 3.63) is 76.4 Å². The number of carbonyl (C=O) groups is 1. The Hall–Kier alpha value is -2.57. The Kier molecular flexibility index (Phi) is 5.30. The Morgan fingerprint density at radius 3 is 2.75 bits per heavy atom. The number of hydrogen-bond acceptors (Lipinski definition) is 5. The fourth-order valence-electron chi connectivity index (χ4n) is 2.13. The lowest BCUT2D eigenvalue weighted by Crippen LogP contribution is -2.28. The van der Waals surface area contributed by atoms with Crippen molar-refractivity contribution in [3.8, 4) is 5.75 Å². The Bertz CT molecular complexity index is 767. The van der Waals surface area contributed by atoms with Crippen molar-refractivity contribution in [1.29, 1.82) is 0 Å². The summed E-state index contributed by atoms with van der Waals surface area (Å²) >= 11 is 1.43. The lowest BCUT2D eigenvalue weighted by atomic mass is 10.2. The van der Waals surface area contributed by atoms with E-state index in [9.17, 15) is 9.90 Å². The van der Waals surface area contributed by atoms with Gasteiger partial charge in [-0.25, -0.2) is 0 Å². The van der Waals surface area contributed by atoms with Crippen molar-refractivity contribution in [2.45, 2.75) is 12.6 Å². The number of aliphatic hydroxyl groups excluding tert-OH is 1. The van der Waals surface area contributed by atoms with E-state index < -0.39 is 6.10 Å². The predicted molar refractivity (Wildman–Crippen MR) is 90.9 cm³/mol. The molecule has 124 valence electrons. The number of rotatable bonds is 7. The number of furan rings is 1. The second-order valence-electron chi connectivity index (χ2n) is 5.10. The molecule has 0 spiro atoms. The van der Waals surface area contributed by atoms with Gasteiger partial charge in [0.05, 0.1) is 12.8 Å². The normalized spacial score (nSPS) is 11.9. The zero-order valence-electron chi connectivity index (χ0n) is 12.8. The maximum absolute atomic E-state index is 11.8. The molecular formula is C18H17NO4S. The Balaban J connectivity index is 1.47. The molecule has 6 heteroatoms. The van der Waals surface area contributed by atoms with Crippen molar-refractivity contribution in [2.24, 2.45) is 0 Å². The quantitative estimate of drug-likeness (QED) is 0.691. The van der Waals surface area contributed by atoms with Crippen LogP contribution in [-0.4, -0.2) is 17.6 Å². The van der Waals surface area contributed by atoms with Crippen molar-refractivity contribution >= 4 is 17.2 Å². The molecular weight excluding hydrogens is 326 g/mol. The summed E-state index contributed by atoms with van der Waals surface area (Å²) in [6.07, 6.45) is 0.746. The zero-order chi connectivity index (χ0) is 16.8. The van der Waals surface area contributed by atoms with Gasteiger partial charge in [0.15, 0.2) is 6.61 Å². The van der Waals surface area contributed by atoms with Crippen molar-refractivity contribution in [1.82, 2.24) is 5.32 Å². The molecule has 24 heavy (non-hydrogen) atoms. The molecule has 0 aliphatic rings. The first-order chi connectivity index (χ1) is 11.7. The molecule has 0 aliphatic heterocycles. The molecule has 5 nitrogen and oxygen atoms in total. The standard InChI is InChI=1S/C18H17NO4S/c20-17(12-23-13-5-2-1-3-6-13)19-11-14-8-9-16(24-14)18(21)15-7-4-10-22-15/h1-10,18,21H,11-12H2,(H,19,20)/t18-/m1/s1. The number of thiophene rings is 1. The van der Waals surface area contributed by atoms with Gasteiger partial charge >= 0.3 is 0 Å². The lowest BCUT2D eigenvalue weighted by Gasteiger charge is -2.06. The molecule has 2 aromatic heterocycles. The SMILES string of the molecule is O=C(COc1ccccc1)NCc1ccc([C@H](O)c2ccco2)s1. The topological polar surface area (TPSA) is 71.7 Å². The third-order valence-electron chi connectivity index (χ3n) is 3.34. The van der Waals surface area contributed by atoms with Gasteiger partial charge in [-0.3, -0.25) is 4.79 Å². The van der Waals surface area contributed by atoms with Crippen LogP contribution in [0.3, 0.4) is 0 Å². The first-order valence-corrected chi connectivity index (χ1v) is 8.28. The van der Waals surface area contributed by atoms with E-state index in [4.69, 9.17) is 9.15 Å². The van der Waals surface area contributed by atoms with Crippen LogP contribution in [0.25, 0.3) is 0 Å². The van der Waals surface area contributed by atoms with E-state index in [1.807, 2.05) is 30.3 Å².